The topological polar surface area (TPSA) is 75.4 Å². The van der Waals surface area contributed by atoms with E-state index in [1.807, 2.05) is 0 Å². The lowest BCUT2D eigenvalue weighted by atomic mass is 9.54. The molecular weight excluding hydrogens is 290 g/mol. The highest BCUT2D eigenvalue weighted by Gasteiger charge is 2.50. The second kappa shape index (κ2) is 6.19. The second-order valence-corrected chi connectivity index (χ2v) is 8.85. The van der Waals surface area contributed by atoms with Crippen LogP contribution in [0.4, 0.5) is 0 Å². The molecule has 5 nitrogen and oxygen atoms in total. The monoisotopic (exact) mass is 324 g/mol. The summed E-state index contributed by atoms with van der Waals surface area (Å²) in [6, 6.07) is -0.520. The van der Waals surface area contributed by atoms with Crippen molar-refractivity contribution in [2.75, 3.05) is 13.1 Å². The van der Waals surface area contributed by atoms with Crippen LogP contribution in [0.3, 0.4) is 0 Å². The first-order valence-electron chi connectivity index (χ1n) is 8.81. The summed E-state index contributed by atoms with van der Waals surface area (Å²) in [5.41, 5.74) is 2.61. The van der Waals surface area contributed by atoms with Crippen LogP contribution in [-0.4, -0.2) is 34.9 Å². The van der Waals surface area contributed by atoms with Crippen LogP contribution in [0, 0.1) is 22.7 Å². The molecule has 2 rings (SSSR count). The van der Waals surface area contributed by atoms with Crippen molar-refractivity contribution in [2.24, 2.45) is 28.5 Å². The van der Waals surface area contributed by atoms with Crippen LogP contribution < -0.4 is 11.3 Å². The minimum atomic E-state index is -0.520. The molecule has 4 N–H and O–H groups in total. The third kappa shape index (κ3) is 3.47. The number of piperidine rings is 1. The summed E-state index contributed by atoms with van der Waals surface area (Å²) < 4.78 is -0.192. The third-order valence-electron chi connectivity index (χ3n) is 6.32. The van der Waals surface area contributed by atoms with Gasteiger partial charge in [0.2, 0.25) is 0 Å². The number of hydrazine groups is 1. The highest BCUT2D eigenvalue weighted by Crippen LogP contribution is 2.53. The van der Waals surface area contributed by atoms with Crippen molar-refractivity contribution >= 4 is 5.91 Å². The van der Waals surface area contributed by atoms with Gasteiger partial charge >= 0.3 is 0 Å². The molecule has 132 valence electrons. The molecule has 0 aromatic rings. The van der Waals surface area contributed by atoms with Gasteiger partial charge in [0.05, 0.1) is 0 Å². The molecule has 0 bridgehead atoms. The first-order chi connectivity index (χ1) is 10.5. The second-order valence-electron chi connectivity index (χ2n) is 8.85. The SMILES string of the molecule is CC(C(=O)NN)[N+]1(O)CCC(C2C(C)(C)C=CCC2(C)C)CC1. The fraction of sp³-hybridized carbons (Fsp3) is 0.833. The Kier molecular flexibility index (Phi) is 4.96. The van der Waals surface area contributed by atoms with Crippen molar-refractivity contribution in [1.29, 1.82) is 0 Å². The van der Waals surface area contributed by atoms with Gasteiger partial charge in [-0.15, -0.1) is 0 Å². The lowest BCUT2D eigenvalue weighted by Crippen LogP contribution is -2.62. The fourth-order valence-corrected chi connectivity index (χ4v) is 5.24. The van der Waals surface area contributed by atoms with E-state index in [1.165, 1.54) is 0 Å². The standard InChI is InChI=1S/C18H33N3O2/c1-13(16(22)20-19)21(23)11-7-14(8-12-21)15-17(2,3)9-6-10-18(15,4)5/h6,9,13-15,23H,7-8,10-12,19H2,1-5H3/p+1. The van der Waals surface area contributed by atoms with Crippen molar-refractivity contribution in [1.82, 2.24) is 5.43 Å². The Labute approximate surface area is 140 Å². The highest BCUT2D eigenvalue weighted by atomic mass is 16.5. The molecule has 2 atom stereocenters. The van der Waals surface area contributed by atoms with Crippen LogP contribution in [0.25, 0.3) is 0 Å². The summed E-state index contributed by atoms with van der Waals surface area (Å²) in [6.07, 6.45) is 7.69. The summed E-state index contributed by atoms with van der Waals surface area (Å²) in [7, 11) is 0. The van der Waals surface area contributed by atoms with Crippen molar-refractivity contribution in [3.8, 4) is 0 Å². The van der Waals surface area contributed by atoms with Gasteiger partial charge in [-0.3, -0.25) is 10.2 Å². The van der Waals surface area contributed by atoms with Gasteiger partial charge in [-0.05, 0) is 29.1 Å². The largest absolute Gasteiger partial charge is 0.294 e. The summed E-state index contributed by atoms with van der Waals surface area (Å²) in [5, 5.41) is 10.8. The van der Waals surface area contributed by atoms with E-state index in [1.54, 1.807) is 6.92 Å². The summed E-state index contributed by atoms with van der Waals surface area (Å²) in [4.78, 5) is 11.8. The number of hydroxylamine groups is 3. The number of carbonyl (C=O) groups is 1. The molecule has 1 aliphatic heterocycles. The molecule has 0 radical (unpaired) electrons. The van der Waals surface area contributed by atoms with Crippen LogP contribution in [0.2, 0.25) is 0 Å². The number of quaternary nitrogens is 1. The number of hydrogen-bond donors (Lipinski definition) is 3. The number of hydrogen-bond acceptors (Lipinski definition) is 3. The molecular formula is C18H34N3O2+. The molecule has 1 saturated heterocycles. The average molecular weight is 324 g/mol. The maximum atomic E-state index is 11.8. The first kappa shape index (κ1) is 18.4. The quantitative estimate of drug-likeness (QED) is 0.246. The third-order valence-corrected chi connectivity index (χ3v) is 6.32. The molecule has 1 heterocycles. The van der Waals surface area contributed by atoms with Gasteiger partial charge in [-0.25, -0.2) is 11.0 Å². The normalized spacial score (nSPS) is 37.2. The van der Waals surface area contributed by atoms with Gasteiger partial charge in [0.15, 0.2) is 6.04 Å². The van der Waals surface area contributed by atoms with Gasteiger partial charge < -0.3 is 0 Å². The van der Waals surface area contributed by atoms with Crippen LogP contribution in [0.1, 0.15) is 53.9 Å². The lowest BCUT2D eigenvalue weighted by molar-refractivity contribution is -1.12. The lowest BCUT2D eigenvalue weighted by Gasteiger charge is -2.52. The molecule has 23 heavy (non-hydrogen) atoms. The zero-order valence-electron chi connectivity index (χ0n) is 15.3. The predicted molar refractivity (Wildman–Crippen MR) is 91.1 cm³/mol. The number of amides is 1. The van der Waals surface area contributed by atoms with Gasteiger partial charge in [-0.1, -0.05) is 39.8 Å². The average Bonchev–Trinajstić information content (AvgIpc) is 2.46. The van der Waals surface area contributed by atoms with Crippen LogP contribution >= 0.6 is 0 Å². The van der Waals surface area contributed by atoms with Gasteiger partial charge in [-0.2, -0.15) is 4.65 Å². The number of nitrogens with one attached hydrogen (secondary N) is 1. The van der Waals surface area contributed by atoms with Gasteiger partial charge in [0.1, 0.15) is 13.1 Å². The van der Waals surface area contributed by atoms with Crippen LogP contribution in [0.5, 0.6) is 0 Å². The molecule has 0 aromatic carbocycles. The molecule has 0 spiro atoms. The number of nitrogens with zero attached hydrogens (tertiary/aromatic N) is 1. The number of carbonyl (C=O) groups excluding carboxylic acids is 1. The van der Waals surface area contributed by atoms with E-state index in [-0.39, 0.29) is 21.4 Å². The number of nitrogens with two attached hydrogens (primary N) is 1. The van der Waals surface area contributed by atoms with Crippen LogP contribution in [0.15, 0.2) is 12.2 Å². The minimum Gasteiger partial charge on any atom is -0.289 e. The molecule has 1 aliphatic carbocycles. The molecule has 1 amide bonds. The molecule has 2 unspecified atom stereocenters. The van der Waals surface area contributed by atoms with E-state index in [2.05, 4.69) is 45.3 Å². The van der Waals surface area contributed by atoms with E-state index in [0.29, 0.717) is 24.9 Å². The Balaban J connectivity index is 2.12. The molecule has 5 heteroatoms. The molecule has 0 aromatic heterocycles. The number of rotatable bonds is 3. The van der Waals surface area contributed by atoms with Crippen molar-refractivity contribution in [3.05, 3.63) is 12.2 Å². The zero-order chi connectivity index (χ0) is 17.5. The first-order valence-corrected chi connectivity index (χ1v) is 8.81. The highest BCUT2D eigenvalue weighted by molar-refractivity contribution is 5.79. The molecule has 0 saturated carbocycles. The van der Waals surface area contributed by atoms with Gasteiger partial charge in [0, 0.05) is 19.8 Å². The summed E-state index contributed by atoms with van der Waals surface area (Å²) in [5.74, 6) is 6.10. The Hall–Kier alpha value is -0.910. The van der Waals surface area contributed by atoms with Gasteiger partial charge in [0.25, 0.3) is 5.91 Å². The Bertz CT molecular complexity index is 477. The predicted octanol–water partition coefficient (Wildman–Crippen LogP) is 2.61. The van der Waals surface area contributed by atoms with E-state index in [0.717, 1.165) is 19.3 Å². The van der Waals surface area contributed by atoms with Crippen molar-refractivity contribution in [2.45, 2.75) is 59.9 Å². The number of likely N-dealkylation sites (tertiary alicyclic amines) is 1. The maximum absolute atomic E-state index is 11.8. The fourth-order valence-electron chi connectivity index (χ4n) is 5.24. The van der Waals surface area contributed by atoms with E-state index in [9.17, 15) is 10.0 Å². The van der Waals surface area contributed by atoms with E-state index in [4.69, 9.17) is 5.84 Å². The van der Waals surface area contributed by atoms with Crippen molar-refractivity contribution < 1.29 is 14.6 Å². The Morgan fingerprint density at radius 3 is 2.35 bits per heavy atom. The van der Waals surface area contributed by atoms with Crippen LogP contribution in [-0.2, 0) is 4.79 Å². The zero-order valence-corrected chi connectivity index (χ0v) is 15.3. The summed E-state index contributed by atoms with van der Waals surface area (Å²) in [6.45, 7) is 12.4. The minimum absolute atomic E-state index is 0.176. The smallest absolute Gasteiger partial charge is 0.289 e. The molecule has 1 fully saturated rings. The van der Waals surface area contributed by atoms with E-state index < -0.39 is 6.04 Å². The molecule has 2 aliphatic rings. The summed E-state index contributed by atoms with van der Waals surface area (Å²) >= 11 is 0. The maximum Gasteiger partial charge on any atom is 0.294 e. The van der Waals surface area contributed by atoms with E-state index >= 15 is 0 Å². The Morgan fingerprint density at radius 1 is 1.30 bits per heavy atom. The number of allylic oxidation sites excluding steroid dienone is 2. The van der Waals surface area contributed by atoms with Crippen molar-refractivity contribution in [3.63, 3.8) is 0 Å². The Morgan fingerprint density at radius 2 is 1.87 bits per heavy atom.